The number of halogens is 10. The molecular weight excluding hydrogens is 354 g/mol. The first kappa shape index (κ1) is 18.6. The Labute approximate surface area is 122 Å². The minimum Gasteiger partial charge on any atom is -0.373 e. The van der Waals surface area contributed by atoms with E-state index in [0.29, 0.717) is 0 Å². The second kappa shape index (κ2) is 5.11. The molecule has 0 aromatic heterocycles. The van der Waals surface area contributed by atoms with Crippen LogP contribution in [0.1, 0.15) is 12.8 Å². The fourth-order valence-corrected chi connectivity index (χ4v) is 1.86. The minimum atomic E-state index is -6.99. The molecule has 2 unspecified atom stereocenters. The van der Waals surface area contributed by atoms with Crippen molar-refractivity contribution >= 4 is 0 Å². The summed E-state index contributed by atoms with van der Waals surface area (Å²) in [4.78, 5) is 0. The van der Waals surface area contributed by atoms with E-state index in [9.17, 15) is 43.9 Å². The van der Waals surface area contributed by atoms with E-state index in [1.54, 1.807) is 0 Å². The Hall–Kier alpha value is -0.780. The molecule has 0 aliphatic carbocycles. The Bertz CT molecular complexity index is 416. The Balaban J connectivity index is 2.28. The molecule has 0 spiro atoms. The summed E-state index contributed by atoms with van der Waals surface area (Å²) >= 11 is 0. The highest BCUT2D eigenvalue weighted by Crippen LogP contribution is 2.59. The van der Waals surface area contributed by atoms with Crippen molar-refractivity contribution in [2.75, 3.05) is 13.2 Å². The highest BCUT2D eigenvalue weighted by molar-refractivity contribution is 5.09. The van der Waals surface area contributed by atoms with Gasteiger partial charge < -0.3 is 9.47 Å². The van der Waals surface area contributed by atoms with E-state index in [1.807, 2.05) is 0 Å². The lowest BCUT2D eigenvalue weighted by Crippen LogP contribution is -2.67. The summed E-state index contributed by atoms with van der Waals surface area (Å²) < 4.78 is 142. The van der Waals surface area contributed by atoms with Crippen molar-refractivity contribution in [3.8, 4) is 0 Å². The first-order valence-corrected chi connectivity index (χ1v) is 6.28. The van der Waals surface area contributed by atoms with Crippen LogP contribution in [0.4, 0.5) is 43.9 Å². The third-order valence-corrected chi connectivity index (χ3v) is 3.48. The number of hydrogen-bond donors (Lipinski definition) is 0. The van der Waals surface area contributed by atoms with Gasteiger partial charge in [0.25, 0.3) is 0 Å². The standard InChI is InChI=1S/C11H10F10O2/c12-7(13,1-5-3-22-5)9(16,17)11(20,21)10(18,19)8(14,15)2-6-4-23-6/h5-6H,1-4H2. The number of hydrogen-bond acceptors (Lipinski definition) is 2. The maximum Gasteiger partial charge on any atom is 0.384 e. The van der Waals surface area contributed by atoms with E-state index in [-0.39, 0.29) is 0 Å². The normalized spacial score (nSPS) is 26.3. The van der Waals surface area contributed by atoms with Gasteiger partial charge in [-0.15, -0.1) is 0 Å². The molecule has 23 heavy (non-hydrogen) atoms. The average Bonchev–Trinajstić information content (AvgIpc) is 3.24. The molecule has 0 N–H and O–H groups in total. The maximum atomic E-state index is 13.4. The minimum absolute atomic E-state index is 0.442. The third-order valence-electron chi connectivity index (χ3n) is 3.48. The van der Waals surface area contributed by atoms with Crippen LogP contribution in [-0.2, 0) is 9.47 Å². The molecule has 0 aromatic rings. The van der Waals surface area contributed by atoms with Crippen LogP contribution in [0.25, 0.3) is 0 Å². The number of epoxide rings is 2. The summed E-state index contributed by atoms with van der Waals surface area (Å²) in [7, 11) is 0. The van der Waals surface area contributed by atoms with Gasteiger partial charge >= 0.3 is 29.6 Å². The average molecular weight is 364 g/mol. The van der Waals surface area contributed by atoms with E-state index in [0.717, 1.165) is 0 Å². The van der Waals surface area contributed by atoms with Crippen LogP contribution in [0, 0.1) is 0 Å². The zero-order valence-corrected chi connectivity index (χ0v) is 11.1. The van der Waals surface area contributed by atoms with Gasteiger partial charge in [-0.3, -0.25) is 0 Å². The van der Waals surface area contributed by atoms with Gasteiger partial charge in [0, 0.05) is 12.8 Å². The molecule has 2 aliphatic heterocycles. The van der Waals surface area contributed by atoms with Gasteiger partial charge in [0.15, 0.2) is 0 Å². The summed E-state index contributed by atoms with van der Waals surface area (Å²) in [6.07, 6.45) is -6.99. The second-order valence-electron chi connectivity index (χ2n) is 5.45. The van der Waals surface area contributed by atoms with E-state index in [2.05, 4.69) is 9.47 Å². The fourth-order valence-electron chi connectivity index (χ4n) is 1.86. The lowest BCUT2D eigenvalue weighted by atomic mass is 9.91. The molecule has 2 fully saturated rings. The highest BCUT2D eigenvalue weighted by Gasteiger charge is 2.86. The Kier molecular flexibility index (Phi) is 4.12. The molecule has 2 nitrogen and oxygen atoms in total. The van der Waals surface area contributed by atoms with Gasteiger partial charge in [0.05, 0.1) is 25.4 Å². The lowest BCUT2D eigenvalue weighted by molar-refractivity contribution is -0.403. The number of rotatable bonds is 8. The molecule has 0 amide bonds. The van der Waals surface area contributed by atoms with E-state index >= 15 is 0 Å². The molecule has 12 heteroatoms. The molecular formula is C11H10F10O2. The van der Waals surface area contributed by atoms with Crippen LogP contribution < -0.4 is 0 Å². The Morgan fingerprint density at radius 3 is 1.04 bits per heavy atom. The van der Waals surface area contributed by atoms with E-state index in [1.165, 1.54) is 0 Å². The van der Waals surface area contributed by atoms with Crippen LogP contribution in [0.3, 0.4) is 0 Å². The van der Waals surface area contributed by atoms with Gasteiger partial charge in [0.2, 0.25) is 0 Å². The van der Waals surface area contributed by atoms with Crippen molar-refractivity contribution < 1.29 is 53.4 Å². The SMILES string of the molecule is FC(F)(CC1CO1)C(F)(F)C(F)(F)C(F)(F)C(F)(F)CC1CO1. The number of ether oxygens (including phenoxy) is 2. The summed E-state index contributed by atoms with van der Waals surface area (Å²) in [5, 5.41) is 0. The Morgan fingerprint density at radius 2 is 0.826 bits per heavy atom. The molecule has 0 radical (unpaired) electrons. The largest absolute Gasteiger partial charge is 0.384 e. The first-order chi connectivity index (χ1) is 10.2. The summed E-state index contributed by atoms with van der Waals surface area (Å²) in [6, 6.07) is 0. The van der Waals surface area contributed by atoms with Gasteiger partial charge in [-0.25, -0.2) is 0 Å². The molecule has 2 heterocycles. The molecule has 2 rings (SSSR count). The monoisotopic (exact) mass is 364 g/mol. The molecule has 0 bridgehead atoms. The van der Waals surface area contributed by atoms with Crippen molar-refractivity contribution in [3.05, 3.63) is 0 Å². The predicted octanol–water partition coefficient (Wildman–Crippen LogP) is 3.74. The Morgan fingerprint density at radius 1 is 0.565 bits per heavy atom. The van der Waals surface area contributed by atoms with Crippen LogP contribution in [0.15, 0.2) is 0 Å². The zero-order valence-electron chi connectivity index (χ0n) is 11.1. The van der Waals surface area contributed by atoms with Crippen molar-refractivity contribution in [2.24, 2.45) is 0 Å². The maximum absolute atomic E-state index is 13.4. The fraction of sp³-hybridized carbons (Fsp3) is 1.00. The molecule has 2 aliphatic rings. The summed E-state index contributed by atoms with van der Waals surface area (Å²) in [6.45, 7) is -0.883. The lowest BCUT2D eigenvalue weighted by Gasteiger charge is -2.39. The predicted molar refractivity (Wildman–Crippen MR) is 53.4 cm³/mol. The number of alkyl halides is 10. The van der Waals surface area contributed by atoms with Gasteiger partial charge in [-0.05, 0) is 0 Å². The third kappa shape index (κ3) is 2.99. The second-order valence-corrected chi connectivity index (χ2v) is 5.45. The van der Waals surface area contributed by atoms with Crippen LogP contribution >= 0.6 is 0 Å². The topological polar surface area (TPSA) is 25.1 Å². The molecule has 2 saturated heterocycles. The zero-order chi connectivity index (χ0) is 17.9. The van der Waals surface area contributed by atoms with Gasteiger partial charge in [-0.2, -0.15) is 43.9 Å². The van der Waals surface area contributed by atoms with E-state index < -0.39 is 67.9 Å². The van der Waals surface area contributed by atoms with Crippen molar-refractivity contribution in [1.82, 2.24) is 0 Å². The summed E-state index contributed by atoms with van der Waals surface area (Å²) in [5.74, 6) is -31.7. The highest BCUT2D eigenvalue weighted by atomic mass is 19.4. The smallest absolute Gasteiger partial charge is 0.373 e. The van der Waals surface area contributed by atoms with Crippen molar-refractivity contribution in [3.63, 3.8) is 0 Å². The molecule has 2 atom stereocenters. The van der Waals surface area contributed by atoms with Crippen molar-refractivity contribution in [2.45, 2.75) is 54.7 Å². The first-order valence-electron chi connectivity index (χ1n) is 6.28. The van der Waals surface area contributed by atoms with Crippen LogP contribution in [0.2, 0.25) is 0 Å². The van der Waals surface area contributed by atoms with Crippen molar-refractivity contribution in [1.29, 1.82) is 0 Å². The van der Waals surface area contributed by atoms with Crippen LogP contribution in [-0.4, -0.2) is 55.0 Å². The van der Waals surface area contributed by atoms with Gasteiger partial charge in [0.1, 0.15) is 0 Å². The van der Waals surface area contributed by atoms with Gasteiger partial charge in [-0.1, -0.05) is 0 Å². The van der Waals surface area contributed by atoms with Crippen LogP contribution in [0.5, 0.6) is 0 Å². The molecule has 136 valence electrons. The summed E-state index contributed by atoms with van der Waals surface area (Å²) in [5.41, 5.74) is 0. The van der Waals surface area contributed by atoms with E-state index in [4.69, 9.17) is 0 Å². The molecule has 0 aromatic carbocycles. The quantitative estimate of drug-likeness (QED) is 0.484. The molecule has 0 saturated carbocycles.